The van der Waals surface area contributed by atoms with E-state index in [1.54, 1.807) is 26.8 Å². The van der Waals surface area contributed by atoms with Crippen LogP contribution >= 0.6 is 0 Å². The Kier molecular flexibility index (Phi) is 8.37. The molecule has 0 unspecified atom stereocenters. The molecule has 0 rings (SSSR count). The SMILES string of the molecule is C=C[C@@H](CO[Si](C)(C)C(C)(C)C)[C@H](NC(=O)OC(C)(C)C)C(=O)OC. The summed E-state index contributed by atoms with van der Waals surface area (Å²) in [5, 5.41) is 2.62. The fourth-order valence-electron chi connectivity index (χ4n) is 1.72. The third-order valence-electron chi connectivity index (χ3n) is 4.30. The molecule has 0 bridgehead atoms. The number of hydrogen-bond acceptors (Lipinski definition) is 5. The Morgan fingerprint density at radius 1 is 1.16 bits per heavy atom. The van der Waals surface area contributed by atoms with Crippen molar-refractivity contribution in [3.8, 4) is 0 Å². The van der Waals surface area contributed by atoms with E-state index in [0.717, 1.165) is 0 Å². The second kappa shape index (κ2) is 8.85. The van der Waals surface area contributed by atoms with E-state index < -0.39 is 37.9 Å². The van der Waals surface area contributed by atoms with E-state index >= 15 is 0 Å². The summed E-state index contributed by atoms with van der Waals surface area (Å²) in [4.78, 5) is 24.2. The van der Waals surface area contributed by atoms with Gasteiger partial charge in [-0.1, -0.05) is 26.8 Å². The minimum Gasteiger partial charge on any atom is -0.467 e. The maximum absolute atomic E-state index is 12.2. The highest BCUT2D eigenvalue weighted by molar-refractivity contribution is 6.74. The van der Waals surface area contributed by atoms with Gasteiger partial charge in [0, 0.05) is 12.5 Å². The molecule has 0 aromatic carbocycles. The molecule has 0 spiro atoms. The first kappa shape index (κ1) is 23.7. The van der Waals surface area contributed by atoms with Crippen molar-refractivity contribution in [3.63, 3.8) is 0 Å². The Labute approximate surface area is 153 Å². The molecule has 0 saturated carbocycles. The molecule has 0 heterocycles. The van der Waals surface area contributed by atoms with Crippen molar-refractivity contribution in [2.45, 2.75) is 71.3 Å². The lowest BCUT2D eigenvalue weighted by Gasteiger charge is -2.37. The molecule has 0 aliphatic carbocycles. The predicted molar refractivity (Wildman–Crippen MR) is 102 cm³/mol. The summed E-state index contributed by atoms with van der Waals surface area (Å²) in [5.41, 5.74) is -0.661. The van der Waals surface area contributed by atoms with Gasteiger partial charge in [0.05, 0.1) is 7.11 Å². The molecule has 0 saturated heterocycles. The lowest BCUT2D eigenvalue weighted by molar-refractivity contribution is -0.144. The zero-order valence-electron chi connectivity index (χ0n) is 17.2. The smallest absolute Gasteiger partial charge is 0.408 e. The van der Waals surface area contributed by atoms with Crippen LogP contribution in [0.5, 0.6) is 0 Å². The zero-order chi connectivity index (χ0) is 20.1. The highest BCUT2D eigenvalue weighted by atomic mass is 28.4. The summed E-state index contributed by atoms with van der Waals surface area (Å²) in [6.45, 7) is 20.0. The standard InChI is InChI=1S/C18H35NO5Si/c1-11-13(12-23-25(9,10)18(5,6)7)14(15(20)22-8)19-16(21)24-17(2,3)4/h11,13-14H,1,12H2,2-10H3,(H,19,21)/t13-,14-/m0/s1. The minimum atomic E-state index is -2.00. The summed E-state index contributed by atoms with van der Waals surface area (Å²) in [5.74, 6) is -0.983. The molecule has 0 radical (unpaired) electrons. The van der Waals surface area contributed by atoms with Crippen LogP contribution in [0, 0.1) is 5.92 Å². The van der Waals surface area contributed by atoms with E-state index in [9.17, 15) is 9.59 Å². The number of esters is 1. The predicted octanol–water partition coefficient (Wildman–Crippen LogP) is 3.88. The lowest BCUT2D eigenvalue weighted by atomic mass is 10.0. The van der Waals surface area contributed by atoms with E-state index in [2.05, 4.69) is 45.8 Å². The molecule has 0 fully saturated rings. The second-order valence-electron chi connectivity index (χ2n) is 8.62. The van der Waals surface area contributed by atoms with Crippen LogP contribution in [0.2, 0.25) is 18.1 Å². The van der Waals surface area contributed by atoms with Gasteiger partial charge in [0.2, 0.25) is 0 Å². The van der Waals surface area contributed by atoms with Crippen LogP contribution in [0.3, 0.4) is 0 Å². The average molecular weight is 374 g/mol. The van der Waals surface area contributed by atoms with Gasteiger partial charge in [-0.3, -0.25) is 0 Å². The van der Waals surface area contributed by atoms with Crippen molar-refractivity contribution in [2.24, 2.45) is 5.92 Å². The van der Waals surface area contributed by atoms with Gasteiger partial charge in [-0.2, -0.15) is 0 Å². The van der Waals surface area contributed by atoms with Gasteiger partial charge >= 0.3 is 12.1 Å². The number of carbonyl (C=O) groups is 2. The molecule has 6 nitrogen and oxygen atoms in total. The van der Waals surface area contributed by atoms with Gasteiger partial charge in [-0.25, -0.2) is 9.59 Å². The van der Waals surface area contributed by atoms with Gasteiger partial charge in [-0.15, -0.1) is 6.58 Å². The molecule has 0 aliphatic rings. The molecule has 1 N–H and O–H groups in total. The number of nitrogens with one attached hydrogen (secondary N) is 1. The molecule has 25 heavy (non-hydrogen) atoms. The van der Waals surface area contributed by atoms with Crippen LogP contribution in [0.4, 0.5) is 4.79 Å². The molecule has 0 aromatic heterocycles. The van der Waals surface area contributed by atoms with E-state index in [4.69, 9.17) is 13.9 Å². The maximum Gasteiger partial charge on any atom is 0.408 e. The summed E-state index contributed by atoms with van der Waals surface area (Å²) in [6.07, 6.45) is 0.925. The van der Waals surface area contributed by atoms with Crippen molar-refractivity contribution >= 4 is 20.4 Å². The summed E-state index contributed by atoms with van der Waals surface area (Å²) in [7, 11) is -0.718. The summed E-state index contributed by atoms with van der Waals surface area (Å²) >= 11 is 0. The van der Waals surface area contributed by atoms with E-state index in [1.807, 2.05) is 0 Å². The molecule has 0 aromatic rings. The van der Waals surface area contributed by atoms with Crippen LogP contribution in [-0.2, 0) is 18.7 Å². The largest absolute Gasteiger partial charge is 0.467 e. The number of ether oxygens (including phenoxy) is 2. The number of hydrogen-bond donors (Lipinski definition) is 1. The van der Waals surface area contributed by atoms with Crippen molar-refractivity contribution < 1.29 is 23.5 Å². The van der Waals surface area contributed by atoms with Crippen LogP contribution < -0.4 is 5.32 Å². The number of carbonyl (C=O) groups excluding carboxylic acids is 2. The number of amides is 1. The van der Waals surface area contributed by atoms with Crippen molar-refractivity contribution in [1.29, 1.82) is 0 Å². The highest BCUT2D eigenvalue weighted by Crippen LogP contribution is 2.37. The van der Waals surface area contributed by atoms with Crippen LogP contribution in [-0.4, -0.2) is 45.7 Å². The minimum absolute atomic E-state index is 0.0398. The molecule has 0 aliphatic heterocycles. The molecule has 146 valence electrons. The monoisotopic (exact) mass is 373 g/mol. The quantitative estimate of drug-likeness (QED) is 0.416. The number of alkyl carbamates (subject to hydrolysis) is 1. The first-order valence-corrected chi connectivity index (χ1v) is 11.4. The topological polar surface area (TPSA) is 73.9 Å². The van der Waals surface area contributed by atoms with Gasteiger partial charge in [0.15, 0.2) is 8.32 Å². The van der Waals surface area contributed by atoms with E-state index in [-0.39, 0.29) is 11.6 Å². The number of rotatable bonds is 7. The van der Waals surface area contributed by atoms with Crippen LogP contribution in [0.25, 0.3) is 0 Å². The maximum atomic E-state index is 12.2. The van der Waals surface area contributed by atoms with Gasteiger partial charge < -0.3 is 19.2 Å². The fourth-order valence-corrected chi connectivity index (χ4v) is 2.77. The third kappa shape index (κ3) is 8.05. The Hall–Kier alpha value is -1.34. The zero-order valence-corrected chi connectivity index (χ0v) is 18.2. The van der Waals surface area contributed by atoms with Gasteiger partial charge in [0.1, 0.15) is 11.6 Å². The van der Waals surface area contributed by atoms with Crippen molar-refractivity contribution in [1.82, 2.24) is 5.32 Å². The molecule has 2 atom stereocenters. The Bertz CT molecular complexity index is 477. The van der Waals surface area contributed by atoms with Crippen LogP contribution in [0.1, 0.15) is 41.5 Å². The average Bonchev–Trinajstić information content (AvgIpc) is 2.42. The first-order valence-electron chi connectivity index (χ1n) is 8.48. The fraction of sp³-hybridized carbons (Fsp3) is 0.778. The molecular weight excluding hydrogens is 338 g/mol. The van der Waals surface area contributed by atoms with Crippen LogP contribution in [0.15, 0.2) is 12.7 Å². The second-order valence-corrected chi connectivity index (χ2v) is 13.4. The first-order chi connectivity index (χ1) is 11.1. The highest BCUT2D eigenvalue weighted by Gasteiger charge is 2.39. The summed E-state index contributed by atoms with van der Waals surface area (Å²) < 4.78 is 16.2. The van der Waals surface area contributed by atoms with Gasteiger partial charge in [-0.05, 0) is 38.9 Å². The summed E-state index contributed by atoms with van der Waals surface area (Å²) in [6, 6.07) is -0.915. The third-order valence-corrected chi connectivity index (χ3v) is 8.80. The number of methoxy groups -OCH3 is 1. The lowest BCUT2D eigenvalue weighted by Crippen LogP contribution is -2.50. The van der Waals surface area contributed by atoms with Crippen molar-refractivity contribution in [2.75, 3.05) is 13.7 Å². The van der Waals surface area contributed by atoms with Crippen molar-refractivity contribution in [3.05, 3.63) is 12.7 Å². The van der Waals surface area contributed by atoms with Gasteiger partial charge in [0.25, 0.3) is 0 Å². The normalized spacial score (nSPS) is 15.1. The Balaban J connectivity index is 5.18. The Morgan fingerprint density at radius 3 is 2.04 bits per heavy atom. The Morgan fingerprint density at radius 2 is 1.68 bits per heavy atom. The van der Waals surface area contributed by atoms with E-state index in [0.29, 0.717) is 0 Å². The van der Waals surface area contributed by atoms with E-state index in [1.165, 1.54) is 7.11 Å². The molecular formula is C18H35NO5Si. The molecule has 1 amide bonds. The molecule has 7 heteroatoms.